The number of primary amides is 1. The summed E-state index contributed by atoms with van der Waals surface area (Å²) < 4.78 is 0. The molecular weight excluding hydrogens is 164 g/mol. The second-order valence-electron chi connectivity index (χ2n) is 2.29. The van der Waals surface area contributed by atoms with Crippen LogP contribution in [0.2, 0.25) is 0 Å². The third-order valence-electron chi connectivity index (χ3n) is 1.44. The van der Waals surface area contributed by atoms with Gasteiger partial charge in [-0.3, -0.25) is 9.69 Å². The van der Waals surface area contributed by atoms with Gasteiger partial charge < -0.3 is 16.4 Å². The Morgan fingerprint density at radius 2 is 2.25 bits per heavy atom. The van der Waals surface area contributed by atoms with Gasteiger partial charge in [-0.25, -0.2) is 9.59 Å². The Bertz CT molecular complexity index is 249. The maximum Gasteiger partial charge on any atom is 0.325 e. The highest BCUT2D eigenvalue weighted by Crippen LogP contribution is 1.99. The molecule has 0 aromatic rings. The van der Waals surface area contributed by atoms with Gasteiger partial charge in [0.05, 0.1) is 0 Å². The summed E-state index contributed by atoms with van der Waals surface area (Å²) in [6.07, 6.45) is -1.03. The first-order valence-electron chi connectivity index (χ1n) is 3.16. The Morgan fingerprint density at radius 3 is 2.58 bits per heavy atom. The van der Waals surface area contributed by atoms with Gasteiger partial charge in [-0.05, 0) is 0 Å². The number of nitrogens with two attached hydrogens (primary N) is 1. The molecule has 0 spiro atoms. The average Bonchev–Trinajstić information content (AvgIpc) is 2.17. The van der Waals surface area contributed by atoms with E-state index in [-0.39, 0.29) is 0 Å². The number of imide groups is 1. The van der Waals surface area contributed by atoms with E-state index in [9.17, 15) is 14.4 Å². The summed E-state index contributed by atoms with van der Waals surface area (Å²) in [6, 6.07) is -1.41. The van der Waals surface area contributed by atoms with E-state index in [2.05, 4.69) is 10.6 Å². The molecule has 1 aliphatic rings. The Labute approximate surface area is 67.9 Å². The second-order valence-corrected chi connectivity index (χ2v) is 2.29. The number of nitrogens with zero attached hydrogens (tertiary/aromatic N) is 1. The van der Waals surface area contributed by atoms with Crippen molar-refractivity contribution in [1.29, 1.82) is 0 Å². The quantitative estimate of drug-likeness (QED) is 0.405. The van der Waals surface area contributed by atoms with Crippen LogP contribution >= 0.6 is 0 Å². The molecule has 0 aliphatic carbocycles. The van der Waals surface area contributed by atoms with E-state index in [0.29, 0.717) is 0 Å². The molecule has 0 aromatic carbocycles. The van der Waals surface area contributed by atoms with E-state index in [1.54, 1.807) is 0 Å². The molecule has 1 fully saturated rings. The smallest absolute Gasteiger partial charge is 0.325 e. The van der Waals surface area contributed by atoms with E-state index in [1.165, 1.54) is 7.05 Å². The van der Waals surface area contributed by atoms with Crippen LogP contribution in [0.4, 0.5) is 9.59 Å². The van der Waals surface area contributed by atoms with Crippen LogP contribution in [0.3, 0.4) is 0 Å². The van der Waals surface area contributed by atoms with E-state index >= 15 is 0 Å². The lowest BCUT2D eigenvalue weighted by Crippen LogP contribution is -2.48. The normalized spacial score (nSPS) is 22.4. The predicted molar refractivity (Wildman–Crippen MR) is 37.8 cm³/mol. The van der Waals surface area contributed by atoms with Gasteiger partial charge in [0.1, 0.15) is 0 Å². The second kappa shape index (κ2) is 2.68. The lowest BCUT2D eigenvalue weighted by molar-refractivity contribution is -0.126. The minimum Gasteiger partial charge on any atom is -0.352 e. The van der Waals surface area contributed by atoms with Gasteiger partial charge in [0, 0.05) is 7.05 Å². The van der Waals surface area contributed by atoms with Crippen molar-refractivity contribution in [3.8, 4) is 0 Å². The van der Waals surface area contributed by atoms with Crippen LogP contribution in [0, 0.1) is 0 Å². The number of hydrogen-bond donors (Lipinski definition) is 3. The molecule has 1 atom stereocenters. The van der Waals surface area contributed by atoms with E-state index in [4.69, 9.17) is 5.73 Å². The van der Waals surface area contributed by atoms with Crippen molar-refractivity contribution in [2.75, 3.05) is 7.05 Å². The Morgan fingerprint density at radius 1 is 1.67 bits per heavy atom. The first-order valence-corrected chi connectivity index (χ1v) is 3.16. The highest BCUT2D eigenvalue weighted by atomic mass is 16.2. The molecule has 66 valence electrons. The Kier molecular flexibility index (Phi) is 1.86. The Hall–Kier alpha value is -1.79. The number of hydrogen-bond acceptors (Lipinski definition) is 3. The molecule has 1 aliphatic heterocycles. The maximum atomic E-state index is 11.0. The summed E-state index contributed by atoms with van der Waals surface area (Å²) in [5.41, 5.74) is 4.75. The third-order valence-corrected chi connectivity index (χ3v) is 1.44. The van der Waals surface area contributed by atoms with Crippen LogP contribution in [0.15, 0.2) is 0 Å². The van der Waals surface area contributed by atoms with Crippen molar-refractivity contribution < 1.29 is 14.4 Å². The molecular formula is C5H8N4O3. The Balaban J connectivity index is 2.65. The minimum absolute atomic E-state index is 0.529. The number of rotatable bonds is 1. The maximum absolute atomic E-state index is 11.0. The molecule has 5 amide bonds. The standard InChI is InChI=1S/C5H8N4O3/c1-9-3(10)2(7-4(6)11)8-5(9)12/h2H,1H3,(H,8,12)(H3,6,7,11)/t2-/m1/s1. The molecule has 0 unspecified atom stereocenters. The average molecular weight is 172 g/mol. The molecule has 12 heavy (non-hydrogen) atoms. The highest BCUT2D eigenvalue weighted by molar-refractivity contribution is 6.04. The topological polar surface area (TPSA) is 105 Å². The molecule has 1 saturated heterocycles. The van der Waals surface area contributed by atoms with E-state index in [1.807, 2.05) is 0 Å². The zero-order valence-corrected chi connectivity index (χ0v) is 6.33. The van der Waals surface area contributed by atoms with Crippen molar-refractivity contribution in [3.05, 3.63) is 0 Å². The first-order chi connectivity index (χ1) is 5.52. The number of carbonyl (C=O) groups excluding carboxylic acids is 3. The summed E-state index contributed by atoms with van der Waals surface area (Å²) in [7, 11) is 1.31. The highest BCUT2D eigenvalue weighted by Gasteiger charge is 2.35. The zero-order valence-electron chi connectivity index (χ0n) is 6.33. The molecule has 0 aromatic heterocycles. The lowest BCUT2D eigenvalue weighted by Gasteiger charge is -2.06. The van der Waals surface area contributed by atoms with Gasteiger partial charge in [-0.2, -0.15) is 0 Å². The molecule has 0 saturated carbocycles. The minimum atomic E-state index is -1.03. The zero-order chi connectivity index (χ0) is 9.30. The largest absolute Gasteiger partial charge is 0.352 e. The van der Waals surface area contributed by atoms with Gasteiger partial charge in [-0.1, -0.05) is 0 Å². The number of urea groups is 2. The molecule has 4 N–H and O–H groups in total. The summed E-state index contributed by atoms with van der Waals surface area (Å²) >= 11 is 0. The van der Waals surface area contributed by atoms with Gasteiger partial charge in [0.25, 0.3) is 5.91 Å². The van der Waals surface area contributed by atoms with Gasteiger partial charge in [0.15, 0.2) is 6.17 Å². The third kappa shape index (κ3) is 1.29. The lowest BCUT2D eigenvalue weighted by atomic mass is 10.5. The number of likely N-dealkylation sites (N-methyl/N-ethyl adjacent to an activating group) is 1. The number of amides is 5. The van der Waals surface area contributed by atoms with Crippen LogP contribution in [-0.2, 0) is 4.79 Å². The monoisotopic (exact) mass is 172 g/mol. The van der Waals surface area contributed by atoms with Crippen LogP contribution in [-0.4, -0.2) is 36.1 Å². The molecule has 0 radical (unpaired) electrons. The number of nitrogens with one attached hydrogen (secondary N) is 2. The van der Waals surface area contributed by atoms with Crippen molar-refractivity contribution >= 4 is 18.0 Å². The fourth-order valence-electron chi connectivity index (χ4n) is 0.816. The fourth-order valence-corrected chi connectivity index (χ4v) is 0.816. The van der Waals surface area contributed by atoms with Crippen molar-refractivity contribution in [2.24, 2.45) is 5.73 Å². The molecule has 0 bridgehead atoms. The SMILES string of the molecule is CN1C(=O)N[C@@H](NC(N)=O)C1=O. The van der Waals surface area contributed by atoms with Gasteiger partial charge in [0.2, 0.25) is 0 Å². The number of carbonyl (C=O) groups is 3. The van der Waals surface area contributed by atoms with Gasteiger partial charge in [-0.15, -0.1) is 0 Å². The van der Waals surface area contributed by atoms with Gasteiger partial charge >= 0.3 is 12.1 Å². The molecule has 7 nitrogen and oxygen atoms in total. The van der Waals surface area contributed by atoms with Crippen molar-refractivity contribution in [1.82, 2.24) is 15.5 Å². The molecule has 1 heterocycles. The fraction of sp³-hybridized carbons (Fsp3) is 0.400. The van der Waals surface area contributed by atoms with Crippen LogP contribution in [0.25, 0.3) is 0 Å². The molecule has 7 heteroatoms. The summed E-state index contributed by atoms with van der Waals surface area (Å²) in [4.78, 5) is 33.0. The predicted octanol–water partition coefficient (Wildman–Crippen LogP) is -1.84. The van der Waals surface area contributed by atoms with Crippen LogP contribution in [0.1, 0.15) is 0 Å². The first kappa shape index (κ1) is 8.31. The summed E-state index contributed by atoms with van der Waals surface area (Å²) in [6.45, 7) is 0. The van der Waals surface area contributed by atoms with E-state index in [0.717, 1.165) is 4.90 Å². The molecule has 1 rings (SSSR count). The summed E-state index contributed by atoms with van der Waals surface area (Å²) in [5.74, 6) is -0.529. The van der Waals surface area contributed by atoms with E-state index < -0.39 is 24.1 Å². The summed E-state index contributed by atoms with van der Waals surface area (Å²) in [5, 5.41) is 4.28. The van der Waals surface area contributed by atoms with Crippen LogP contribution in [0.5, 0.6) is 0 Å². The van der Waals surface area contributed by atoms with Crippen molar-refractivity contribution in [3.63, 3.8) is 0 Å². The van der Waals surface area contributed by atoms with Crippen molar-refractivity contribution in [2.45, 2.75) is 6.17 Å². The van der Waals surface area contributed by atoms with Crippen LogP contribution < -0.4 is 16.4 Å².